The average molecular weight is 344 g/mol. The molecule has 1 aliphatic rings. The fourth-order valence-corrected chi connectivity index (χ4v) is 5.11. The second-order valence-electron chi connectivity index (χ2n) is 6.09. The van der Waals surface area contributed by atoms with E-state index in [1.54, 1.807) is 13.0 Å². The maximum atomic E-state index is 13.3. The van der Waals surface area contributed by atoms with E-state index >= 15 is 0 Å². The molecule has 0 saturated heterocycles. The zero-order valence-electron chi connectivity index (χ0n) is 13.5. The van der Waals surface area contributed by atoms with Crippen molar-refractivity contribution in [3.05, 3.63) is 59.2 Å². The van der Waals surface area contributed by atoms with Crippen molar-refractivity contribution in [3.8, 4) is 0 Å². The van der Waals surface area contributed by atoms with Gasteiger partial charge in [0.1, 0.15) is 0 Å². The Kier molecular flexibility index (Phi) is 4.09. The Morgan fingerprint density at radius 1 is 1.21 bits per heavy atom. The van der Waals surface area contributed by atoms with Gasteiger partial charge in [-0.2, -0.15) is 0 Å². The molecule has 0 bridgehead atoms. The number of aromatic carboxylic acids is 1. The molecule has 6 heteroatoms. The predicted molar refractivity (Wildman–Crippen MR) is 89.4 cm³/mol. The highest BCUT2D eigenvalue weighted by atomic mass is 32.2. The number of carboxylic acid groups (broad SMARTS) is 1. The predicted octanol–water partition coefficient (Wildman–Crippen LogP) is 1.89. The fraction of sp³-hybridized carbons (Fsp3) is 0.278. The van der Waals surface area contributed by atoms with Gasteiger partial charge < -0.3 is 9.90 Å². The second-order valence-corrected chi connectivity index (χ2v) is 7.87. The van der Waals surface area contributed by atoms with E-state index in [0.717, 1.165) is 18.4 Å². The minimum absolute atomic E-state index is 0.00718. The van der Waals surface area contributed by atoms with Crippen molar-refractivity contribution in [2.75, 3.05) is 4.31 Å². The average Bonchev–Trinajstić information content (AvgIpc) is 2.54. The summed E-state index contributed by atoms with van der Waals surface area (Å²) < 4.78 is 27.9. The zero-order chi connectivity index (χ0) is 17.5. The topological polar surface area (TPSA) is 77.5 Å². The Bertz CT molecular complexity index is 905. The van der Waals surface area contributed by atoms with Gasteiger partial charge in [-0.3, -0.25) is 4.31 Å². The first-order valence-corrected chi connectivity index (χ1v) is 9.20. The number of benzene rings is 2. The van der Waals surface area contributed by atoms with Crippen LogP contribution in [-0.2, 0) is 16.4 Å². The Balaban J connectivity index is 2.18. The molecule has 0 aromatic heterocycles. The van der Waals surface area contributed by atoms with Crippen LogP contribution in [0.25, 0.3) is 0 Å². The molecule has 0 spiro atoms. The van der Waals surface area contributed by atoms with Crippen molar-refractivity contribution >= 4 is 21.7 Å². The van der Waals surface area contributed by atoms with Gasteiger partial charge in [-0.1, -0.05) is 30.3 Å². The van der Waals surface area contributed by atoms with Gasteiger partial charge in [0.25, 0.3) is 10.0 Å². The smallest absolute Gasteiger partial charge is 0.264 e. The van der Waals surface area contributed by atoms with Crippen molar-refractivity contribution in [1.29, 1.82) is 0 Å². The molecule has 126 valence electrons. The lowest BCUT2D eigenvalue weighted by Crippen LogP contribution is -2.42. The van der Waals surface area contributed by atoms with Crippen LogP contribution in [0.4, 0.5) is 5.69 Å². The molecule has 0 fully saturated rings. The molecule has 24 heavy (non-hydrogen) atoms. The first-order chi connectivity index (χ1) is 11.3. The minimum Gasteiger partial charge on any atom is -0.545 e. The quantitative estimate of drug-likeness (QED) is 0.852. The lowest BCUT2D eigenvalue weighted by atomic mass is 9.99. The van der Waals surface area contributed by atoms with Crippen LogP contribution in [0.15, 0.2) is 47.4 Å². The third kappa shape index (κ3) is 2.67. The summed E-state index contributed by atoms with van der Waals surface area (Å²) in [6.45, 7) is 3.53. The van der Waals surface area contributed by atoms with Crippen LogP contribution in [0.1, 0.15) is 34.8 Å². The third-order valence-electron chi connectivity index (χ3n) is 4.42. The molecule has 0 aliphatic carbocycles. The highest BCUT2D eigenvalue weighted by Gasteiger charge is 2.34. The van der Waals surface area contributed by atoms with Crippen LogP contribution in [0, 0.1) is 6.92 Å². The van der Waals surface area contributed by atoms with Crippen molar-refractivity contribution < 1.29 is 18.3 Å². The fourth-order valence-electron chi connectivity index (χ4n) is 3.13. The number of nitrogens with zero attached hydrogens (tertiary/aromatic N) is 1. The summed E-state index contributed by atoms with van der Waals surface area (Å²) in [5.41, 5.74) is 2.01. The van der Waals surface area contributed by atoms with E-state index in [-0.39, 0.29) is 16.5 Å². The number of aryl methyl sites for hydroxylation is 2. The van der Waals surface area contributed by atoms with Gasteiger partial charge in [-0.15, -0.1) is 0 Å². The van der Waals surface area contributed by atoms with Gasteiger partial charge in [0, 0.05) is 6.04 Å². The van der Waals surface area contributed by atoms with E-state index in [1.165, 1.54) is 22.5 Å². The van der Waals surface area contributed by atoms with E-state index in [1.807, 2.05) is 25.1 Å². The molecule has 2 aromatic rings. The number of carbonyl (C=O) groups is 1. The molecule has 5 nitrogen and oxygen atoms in total. The normalized spacial score (nSPS) is 17.4. The molecule has 1 atom stereocenters. The lowest BCUT2D eigenvalue weighted by molar-refractivity contribution is -0.255. The van der Waals surface area contributed by atoms with Crippen LogP contribution >= 0.6 is 0 Å². The van der Waals surface area contributed by atoms with Crippen LogP contribution in [0.2, 0.25) is 0 Å². The molecule has 0 N–H and O–H groups in total. The highest BCUT2D eigenvalue weighted by Crippen LogP contribution is 2.36. The Hall–Kier alpha value is -2.34. The van der Waals surface area contributed by atoms with Gasteiger partial charge in [-0.05, 0) is 55.5 Å². The lowest BCUT2D eigenvalue weighted by Gasteiger charge is -2.36. The van der Waals surface area contributed by atoms with E-state index in [9.17, 15) is 18.3 Å². The van der Waals surface area contributed by atoms with E-state index in [0.29, 0.717) is 11.3 Å². The number of carboxylic acids is 1. The molecule has 0 radical (unpaired) electrons. The van der Waals surface area contributed by atoms with Crippen molar-refractivity contribution in [3.63, 3.8) is 0 Å². The minimum atomic E-state index is -3.87. The summed E-state index contributed by atoms with van der Waals surface area (Å²) in [4.78, 5) is 11.1. The van der Waals surface area contributed by atoms with Crippen LogP contribution in [0.3, 0.4) is 0 Å². The van der Waals surface area contributed by atoms with E-state index in [2.05, 4.69) is 0 Å². The van der Waals surface area contributed by atoms with Gasteiger partial charge in [-0.25, -0.2) is 8.42 Å². The SMILES string of the molecule is Cc1ccc(C(=O)[O-])cc1S(=O)(=O)N1c2ccccc2CC[C@H]1C. The van der Waals surface area contributed by atoms with E-state index in [4.69, 9.17) is 0 Å². The summed E-state index contributed by atoms with van der Waals surface area (Å²) in [6.07, 6.45) is 1.54. The Morgan fingerprint density at radius 2 is 1.92 bits per heavy atom. The number of para-hydroxylation sites is 1. The van der Waals surface area contributed by atoms with Crippen molar-refractivity contribution in [2.45, 2.75) is 37.6 Å². The van der Waals surface area contributed by atoms with Crippen molar-refractivity contribution in [2.24, 2.45) is 0 Å². The van der Waals surface area contributed by atoms with E-state index < -0.39 is 16.0 Å². The van der Waals surface area contributed by atoms with Crippen LogP contribution in [-0.4, -0.2) is 20.4 Å². The van der Waals surface area contributed by atoms with Gasteiger partial charge in [0.15, 0.2) is 0 Å². The maximum Gasteiger partial charge on any atom is 0.264 e. The molecule has 3 rings (SSSR count). The number of fused-ring (bicyclic) bond motifs is 1. The van der Waals surface area contributed by atoms with Crippen LogP contribution in [0.5, 0.6) is 0 Å². The van der Waals surface area contributed by atoms with Gasteiger partial charge >= 0.3 is 0 Å². The number of carbonyl (C=O) groups excluding carboxylic acids is 1. The number of rotatable bonds is 3. The molecular formula is C18H18NO4S-. The first-order valence-electron chi connectivity index (χ1n) is 7.76. The molecule has 0 amide bonds. The summed E-state index contributed by atoms with van der Waals surface area (Å²) in [6, 6.07) is 11.3. The first kappa shape index (κ1) is 16.5. The number of hydrogen-bond donors (Lipinski definition) is 0. The summed E-state index contributed by atoms with van der Waals surface area (Å²) in [7, 11) is -3.87. The summed E-state index contributed by atoms with van der Waals surface area (Å²) in [5, 5.41) is 11.1. The Labute approximate surface area is 141 Å². The van der Waals surface area contributed by atoms with Crippen LogP contribution < -0.4 is 9.41 Å². The monoisotopic (exact) mass is 344 g/mol. The Morgan fingerprint density at radius 3 is 2.62 bits per heavy atom. The van der Waals surface area contributed by atoms with Gasteiger partial charge in [0.2, 0.25) is 0 Å². The number of anilines is 1. The standard InChI is InChI=1S/C18H19NO4S/c1-12-7-9-15(18(20)21)11-17(12)24(22,23)19-13(2)8-10-14-5-3-4-6-16(14)19/h3-7,9,11,13H,8,10H2,1-2H3,(H,20,21)/p-1/t13-/m1/s1. The number of hydrogen-bond acceptors (Lipinski definition) is 4. The molecular weight excluding hydrogens is 326 g/mol. The molecule has 1 aliphatic heterocycles. The largest absolute Gasteiger partial charge is 0.545 e. The van der Waals surface area contributed by atoms with Gasteiger partial charge in [0.05, 0.1) is 16.6 Å². The molecule has 2 aromatic carbocycles. The zero-order valence-corrected chi connectivity index (χ0v) is 14.3. The third-order valence-corrected chi connectivity index (χ3v) is 6.49. The second kappa shape index (κ2) is 5.94. The summed E-state index contributed by atoms with van der Waals surface area (Å²) >= 11 is 0. The molecule has 0 saturated carbocycles. The van der Waals surface area contributed by atoms with Crippen molar-refractivity contribution in [1.82, 2.24) is 0 Å². The summed E-state index contributed by atoms with van der Waals surface area (Å²) in [5.74, 6) is -1.39. The maximum absolute atomic E-state index is 13.3. The number of sulfonamides is 1. The molecule has 1 heterocycles. The molecule has 0 unspecified atom stereocenters. The highest BCUT2D eigenvalue weighted by molar-refractivity contribution is 7.93.